The van der Waals surface area contributed by atoms with Crippen LogP contribution in [0.5, 0.6) is 0 Å². The number of amides is 1. The highest BCUT2D eigenvalue weighted by atomic mass is 16.4. The van der Waals surface area contributed by atoms with Crippen molar-refractivity contribution < 1.29 is 14.7 Å². The molecule has 1 aliphatic heterocycles. The van der Waals surface area contributed by atoms with Crippen LogP contribution in [0, 0.1) is 18.8 Å². The molecule has 1 aromatic rings. The number of hydrogen-bond acceptors (Lipinski definition) is 5. The molecule has 7 nitrogen and oxygen atoms in total. The number of carboxylic acid groups (broad SMARTS) is 1. The van der Waals surface area contributed by atoms with Gasteiger partial charge >= 0.3 is 5.97 Å². The molecule has 1 N–H and O–H groups in total. The van der Waals surface area contributed by atoms with E-state index in [0.717, 1.165) is 24.4 Å². The second kappa shape index (κ2) is 6.14. The standard InChI is InChI=1S/C16H22N4O3/c1-10-3-4-14(18-17-10)19(2)11-5-7-20(8-6-11)15(21)12-9-13(12)16(22)23/h3-4,11-13H,5-9H2,1-2H3,(H,22,23). The van der Waals surface area contributed by atoms with Gasteiger partial charge in [0.05, 0.1) is 17.5 Å². The third kappa shape index (κ3) is 3.28. The molecule has 2 heterocycles. The Hall–Kier alpha value is -2.18. The van der Waals surface area contributed by atoms with Gasteiger partial charge in [0.15, 0.2) is 5.82 Å². The van der Waals surface area contributed by atoms with Crippen LogP contribution >= 0.6 is 0 Å². The monoisotopic (exact) mass is 318 g/mol. The molecule has 1 saturated carbocycles. The lowest BCUT2D eigenvalue weighted by atomic mass is 10.0. The Balaban J connectivity index is 1.53. The first-order valence-corrected chi connectivity index (χ1v) is 8.02. The molecule has 124 valence electrons. The fourth-order valence-electron chi connectivity index (χ4n) is 3.22. The number of hydrogen-bond donors (Lipinski definition) is 1. The number of rotatable bonds is 4. The summed E-state index contributed by atoms with van der Waals surface area (Å²) in [5.74, 6) is -0.770. The summed E-state index contributed by atoms with van der Waals surface area (Å²) in [6.45, 7) is 3.26. The first-order chi connectivity index (χ1) is 11.0. The molecule has 0 bridgehead atoms. The van der Waals surface area contributed by atoms with E-state index in [4.69, 9.17) is 5.11 Å². The van der Waals surface area contributed by atoms with E-state index in [0.29, 0.717) is 25.6 Å². The predicted octanol–water partition coefficient (Wildman–Crippen LogP) is 0.933. The maximum atomic E-state index is 12.3. The Labute approximate surface area is 135 Å². The van der Waals surface area contributed by atoms with Gasteiger partial charge in [0, 0.05) is 26.2 Å². The number of anilines is 1. The number of aryl methyl sites for hydroxylation is 1. The van der Waals surface area contributed by atoms with Crippen molar-refractivity contribution >= 4 is 17.7 Å². The van der Waals surface area contributed by atoms with E-state index in [-0.39, 0.29) is 11.8 Å². The van der Waals surface area contributed by atoms with Crippen LogP contribution in [-0.2, 0) is 9.59 Å². The first-order valence-electron chi connectivity index (χ1n) is 8.02. The summed E-state index contributed by atoms with van der Waals surface area (Å²) in [7, 11) is 2.00. The third-order valence-corrected chi connectivity index (χ3v) is 4.89. The Bertz CT molecular complexity index is 596. The molecule has 1 amide bonds. The highest BCUT2D eigenvalue weighted by Gasteiger charge is 2.50. The number of aromatic nitrogens is 2. The molecule has 2 aliphatic rings. The fourth-order valence-corrected chi connectivity index (χ4v) is 3.22. The number of carbonyl (C=O) groups is 2. The Morgan fingerprint density at radius 3 is 2.43 bits per heavy atom. The van der Waals surface area contributed by atoms with E-state index in [1.54, 1.807) is 0 Å². The summed E-state index contributed by atoms with van der Waals surface area (Å²) >= 11 is 0. The highest BCUT2D eigenvalue weighted by molar-refractivity contribution is 5.89. The van der Waals surface area contributed by atoms with Gasteiger partial charge in [-0.3, -0.25) is 9.59 Å². The van der Waals surface area contributed by atoms with Gasteiger partial charge in [0.25, 0.3) is 0 Å². The topological polar surface area (TPSA) is 86.6 Å². The molecule has 23 heavy (non-hydrogen) atoms. The van der Waals surface area contributed by atoms with Crippen molar-refractivity contribution in [2.45, 2.75) is 32.2 Å². The van der Waals surface area contributed by atoms with Gasteiger partial charge in [0.1, 0.15) is 0 Å². The number of nitrogens with zero attached hydrogens (tertiary/aromatic N) is 4. The third-order valence-electron chi connectivity index (χ3n) is 4.89. The fraction of sp³-hybridized carbons (Fsp3) is 0.625. The molecule has 3 rings (SSSR count). The maximum Gasteiger partial charge on any atom is 0.307 e. The minimum absolute atomic E-state index is 0.00799. The van der Waals surface area contributed by atoms with E-state index in [1.165, 1.54) is 0 Å². The van der Waals surface area contributed by atoms with Crippen molar-refractivity contribution in [2.24, 2.45) is 11.8 Å². The second-order valence-corrected chi connectivity index (χ2v) is 6.49. The van der Waals surface area contributed by atoms with Crippen molar-refractivity contribution in [3.8, 4) is 0 Å². The van der Waals surface area contributed by atoms with E-state index < -0.39 is 11.9 Å². The molecule has 7 heteroatoms. The lowest BCUT2D eigenvalue weighted by molar-refractivity contribution is -0.142. The van der Waals surface area contributed by atoms with Gasteiger partial charge in [-0.2, -0.15) is 5.10 Å². The Morgan fingerprint density at radius 2 is 1.91 bits per heavy atom. The number of piperidine rings is 1. The predicted molar refractivity (Wildman–Crippen MR) is 84.0 cm³/mol. The van der Waals surface area contributed by atoms with Crippen molar-refractivity contribution in [1.29, 1.82) is 0 Å². The number of likely N-dealkylation sites (tertiary alicyclic amines) is 1. The normalized spacial score (nSPS) is 24.3. The summed E-state index contributed by atoms with van der Waals surface area (Å²) in [5.41, 5.74) is 0.889. The molecule has 1 aromatic heterocycles. The summed E-state index contributed by atoms with van der Waals surface area (Å²) in [6.07, 6.45) is 2.22. The maximum absolute atomic E-state index is 12.3. The lowest BCUT2D eigenvalue weighted by Gasteiger charge is -2.37. The van der Waals surface area contributed by atoms with Crippen LogP contribution in [-0.4, -0.2) is 58.3 Å². The molecule has 0 radical (unpaired) electrons. The second-order valence-electron chi connectivity index (χ2n) is 6.49. The molecule has 2 atom stereocenters. The quantitative estimate of drug-likeness (QED) is 0.889. The summed E-state index contributed by atoms with van der Waals surface area (Å²) in [5, 5.41) is 17.2. The number of carbonyl (C=O) groups excluding carboxylic acids is 1. The van der Waals surface area contributed by atoms with E-state index in [1.807, 2.05) is 31.0 Å². The van der Waals surface area contributed by atoms with Gasteiger partial charge in [-0.15, -0.1) is 5.10 Å². The van der Waals surface area contributed by atoms with Crippen molar-refractivity contribution in [3.63, 3.8) is 0 Å². The van der Waals surface area contributed by atoms with Crippen molar-refractivity contribution in [2.75, 3.05) is 25.0 Å². The van der Waals surface area contributed by atoms with Crippen LogP contribution in [0.15, 0.2) is 12.1 Å². The zero-order chi connectivity index (χ0) is 16.6. The summed E-state index contributed by atoms with van der Waals surface area (Å²) in [4.78, 5) is 27.1. The van der Waals surface area contributed by atoms with E-state index in [9.17, 15) is 9.59 Å². The van der Waals surface area contributed by atoms with Crippen LogP contribution in [0.1, 0.15) is 25.0 Å². The zero-order valence-electron chi connectivity index (χ0n) is 13.5. The van der Waals surface area contributed by atoms with Crippen LogP contribution in [0.2, 0.25) is 0 Å². The lowest BCUT2D eigenvalue weighted by Crippen LogP contribution is -2.46. The van der Waals surface area contributed by atoms with Gasteiger partial charge in [-0.25, -0.2) is 0 Å². The highest BCUT2D eigenvalue weighted by Crippen LogP contribution is 2.40. The van der Waals surface area contributed by atoms with E-state index >= 15 is 0 Å². The molecule has 2 fully saturated rings. The van der Waals surface area contributed by atoms with Gasteiger partial charge in [-0.1, -0.05) is 0 Å². The summed E-state index contributed by atoms with van der Waals surface area (Å²) < 4.78 is 0. The first kappa shape index (κ1) is 15.7. The van der Waals surface area contributed by atoms with Gasteiger partial charge in [0.2, 0.25) is 5.91 Å². The van der Waals surface area contributed by atoms with Crippen LogP contribution < -0.4 is 4.90 Å². The molecule has 2 unspecified atom stereocenters. The average Bonchev–Trinajstić information content (AvgIpc) is 3.35. The molecule has 1 aliphatic carbocycles. The van der Waals surface area contributed by atoms with Crippen LogP contribution in [0.4, 0.5) is 5.82 Å². The number of carboxylic acids is 1. The smallest absolute Gasteiger partial charge is 0.307 e. The summed E-state index contributed by atoms with van der Waals surface area (Å²) in [6, 6.07) is 4.23. The van der Waals surface area contributed by atoms with E-state index in [2.05, 4.69) is 15.1 Å². The molecular weight excluding hydrogens is 296 g/mol. The zero-order valence-corrected chi connectivity index (χ0v) is 13.5. The van der Waals surface area contributed by atoms with Crippen molar-refractivity contribution in [3.05, 3.63) is 17.8 Å². The minimum atomic E-state index is -0.851. The molecule has 1 saturated heterocycles. The van der Waals surface area contributed by atoms with Gasteiger partial charge in [-0.05, 0) is 38.3 Å². The van der Waals surface area contributed by atoms with Crippen molar-refractivity contribution in [1.82, 2.24) is 15.1 Å². The SMILES string of the molecule is Cc1ccc(N(C)C2CCN(C(=O)C3CC3C(=O)O)CC2)nn1. The van der Waals surface area contributed by atoms with Crippen LogP contribution in [0.3, 0.4) is 0 Å². The Morgan fingerprint density at radius 1 is 1.22 bits per heavy atom. The molecule has 0 aromatic carbocycles. The minimum Gasteiger partial charge on any atom is -0.481 e. The number of aliphatic carboxylic acids is 1. The van der Waals surface area contributed by atoms with Crippen LogP contribution in [0.25, 0.3) is 0 Å². The Kier molecular flexibility index (Phi) is 4.19. The average molecular weight is 318 g/mol. The van der Waals surface area contributed by atoms with Gasteiger partial charge < -0.3 is 14.9 Å². The molecule has 0 spiro atoms. The molecular formula is C16H22N4O3. The largest absolute Gasteiger partial charge is 0.481 e.